The molecular weight excluding hydrogens is 295 g/mol. The Morgan fingerprint density at radius 1 is 1.59 bits per heavy atom. The quantitative estimate of drug-likeness (QED) is 0.676. The molecule has 9 heteroatoms. The van der Waals surface area contributed by atoms with Crippen LogP contribution in [0, 0.1) is 5.92 Å². The van der Waals surface area contributed by atoms with Crippen LogP contribution in [0.5, 0.6) is 0 Å². The zero-order valence-corrected chi connectivity index (χ0v) is 12.5. The summed E-state index contributed by atoms with van der Waals surface area (Å²) in [5.74, 6) is 0.193. The van der Waals surface area contributed by atoms with Gasteiger partial charge >= 0.3 is 5.69 Å². The van der Waals surface area contributed by atoms with Gasteiger partial charge < -0.3 is 20.7 Å². The van der Waals surface area contributed by atoms with Crippen molar-refractivity contribution in [2.45, 2.75) is 50.8 Å². The average molecular weight is 316 g/mol. The Kier molecular flexibility index (Phi) is 4.78. The lowest BCUT2D eigenvalue weighted by Crippen LogP contribution is -2.45. The standard InChI is InChI=1S/C13H21FN4O4/c1-7(2)3-4-13(6-19)10(20)9(14)11(22-13)18-12(21)17-8(15)5-16-18/h5,7,9-11,19-20H,3-4,6H2,1-2H3,(H2,15,17,21)/t9-,10+,11-,13-/m1/s1. The number of nitrogens with two attached hydrogens (primary N) is 1. The van der Waals surface area contributed by atoms with Gasteiger partial charge in [-0.15, -0.1) is 0 Å². The molecule has 1 saturated heterocycles. The van der Waals surface area contributed by atoms with Gasteiger partial charge in [-0.3, -0.25) is 0 Å². The van der Waals surface area contributed by atoms with Gasteiger partial charge in [0.15, 0.2) is 12.4 Å². The molecule has 22 heavy (non-hydrogen) atoms. The average Bonchev–Trinajstić information content (AvgIpc) is 2.71. The Balaban J connectivity index is 2.30. The van der Waals surface area contributed by atoms with E-state index in [0.29, 0.717) is 11.1 Å². The Labute approximate surface area is 126 Å². The summed E-state index contributed by atoms with van der Waals surface area (Å²) in [5, 5.41) is 23.4. The maximum absolute atomic E-state index is 14.4. The maximum Gasteiger partial charge on any atom is 0.368 e. The summed E-state index contributed by atoms with van der Waals surface area (Å²) in [4.78, 5) is 15.2. The molecule has 4 atom stereocenters. The second kappa shape index (κ2) is 6.27. The van der Waals surface area contributed by atoms with Crippen LogP contribution in [-0.4, -0.2) is 49.5 Å². The summed E-state index contributed by atoms with van der Waals surface area (Å²) in [6, 6.07) is 0. The van der Waals surface area contributed by atoms with Crippen LogP contribution in [0.3, 0.4) is 0 Å². The Morgan fingerprint density at radius 3 is 2.82 bits per heavy atom. The van der Waals surface area contributed by atoms with Crippen LogP contribution in [0.2, 0.25) is 0 Å². The van der Waals surface area contributed by atoms with E-state index in [-0.39, 0.29) is 18.2 Å². The minimum atomic E-state index is -1.91. The smallest absolute Gasteiger partial charge is 0.368 e. The molecule has 0 aromatic carbocycles. The van der Waals surface area contributed by atoms with Gasteiger partial charge in [0.05, 0.1) is 12.8 Å². The minimum absolute atomic E-state index is 0.0940. The molecule has 0 bridgehead atoms. The third-order valence-electron chi connectivity index (χ3n) is 3.86. The minimum Gasteiger partial charge on any atom is -0.393 e. The van der Waals surface area contributed by atoms with Crippen LogP contribution >= 0.6 is 0 Å². The number of ether oxygens (including phenoxy) is 1. The van der Waals surface area contributed by atoms with E-state index in [2.05, 4.69) is 10.1 Å². The predicted molar refractivity (Wildman–Crippen MR) is 75.6 cm³/mol. The molecule has 0 radical (unpaired) electrons. The molecule has 2 heterocycles. The SMILES string of the molecule is CC(C)CC[C@]1(CO)O[C@@H](n2ncc(N)nc2=O)[C@H](F)[C@@H]1O. The summed E-state index contributed by atoms with van der Waals surface area (Å²) < 4.78 is 20.6. The van der Waals surface area contributed by atoms with E-state index in [1.807, 2.05) is 13.8 Å². The molecule has 4 N–H and O–H groups in total. The largest absolute Gasteiger partial charge is 0.393 e. The van der Waals surface area contributed by atoms with Crippen LogP contribution < -0.4 is 11.4 Å². The van der Waals surface area contributed by atoms with Crippen LogP contribution in [0.15, 0.2) is 11.0 Å². The first-order valence-corrected chi connectivity index (χ1v) is 7.13. The molecule has 1 aliphatic rings. The Morgan fingerprint density at radius 2 is 2.27 bits per heavy atom. The number of rotatable bonds is 5. The summed E-state index contributed by atoms with van der Waals surface area (Å²) in [5.41, 5.74) is 3.00. The van der Waals surface area contributed by atoms with E-state index in [4.69, 9.17) is 10.5 Å². The number of aromatic nitrogens is 3. The molecule has 8 nitrogen and oxygen atoms in total. The van der Waals surface area contributed by atoms with Crippen molar-refractivity contribution in [1.82, 2.24) is 14.8 Å². The first-order valence-electron chi connectivity index (χ1n) is 7.13. The van der Waals surface area contributed by atoms with Crippen LogP contribution in [0.1, 0.15) is 32.9 Å². The molecule has 0 aliphatic carbocycles. The number of alkyl halides is 1. The zero-order valence-electron chi connectivity index (χ0n) is 12.5. The second-order valence-corrected chi connectivity index (χ2v) is 5.96. The molecule has 1 fully saturated rings. The number of hydrogen-bond donors (Lipinski definition) is 3. The van der Waals surface area contributed by atoms with E-state index in [1.165, 1.54) is 0 Å². The third-order valence-corrected chi connectivity index (χ3v) is 3.86. The highest BCUT2D eigenvalue weighted by Crippen LogP contribution is 2.41. The van der Waals surface area contributed by atoms with Crippen molar-refractivity contribution < 1.29 is 19.3 Å². The highest BCUT2D eigenvalue weighted by Gasteiger charge is 2.56. The fraction of sp³-hybridized carbons (Fsp3) is 0.769. The first kappa shape index (κ1) is 16.8. The highest BCUT2D eigenvalue weighted by molar-refractivity contribution is 5.19. The number of aliphatic hydroxyl groups is 2. The van der Waals surface area contributed by atoms with Crippen molar-refractivity contribution in [2.24, 2.45) is 5.92 Å². The molecular formula is C13H21FN4O4. The zero-order chi connectivity index (χ0) is 16.5. The Hall–Kier alpha value is -1.58. The molecule has 1 aromatic heterocycles. The lowest BCUT2D eigenvalue weighted by molar-refractivity contribution is -0.137. The molecule has 1 aromatic rings. The summed E-state index contributed by atoms with van der Waals surface area (Å²) in [7, 11) is 0. The lowest BCUT2D eigenvalue weighted by atomic mass is 9.89. The van der Waals surface area contributed by atoms with E-state index < -0.39 is 36.4 Å². The molecule has 0 amide bonds. The fourth-order valence-corrected chi connectivity index (χ4v) is 2.49. The number of aliphatic hydroxyl groups excluding tert-OH is 2. The Bertz CT molecular complexity index is 581. The molecule has 1 aliphatic heterocycles. The van der Waals surface area contributed by atoms with Crippen LogP contribution in [0.4, 0.5) is 10.2 Å². The van der Waals surface area contributed by atoms with Gasteiger partial charge in [-0.2, -0.15) is 14.8 Å². The van der Waals surface area contributed by atoms with Crippen molar-refractivity contribution in [2.75, 3.05) is 12.3 Å². The van der Waals surface area contributed by atoms with Crippen molar-refractivity contribution in [3.8, 4) is 0 Å². The molecule has 2 rings (SSSR count). The van der Waals surface area contributed by atoms with Gasteiger partial charge in [0, 0.05) is 0 Å². The normalized spacial score (nSPS) is 31.8. The third kappa shape index (κ3) is 2.96. The summed E-state index contributed by atoms with van der Waals surface area (Å²) >= 11 is 0. The van der Waals surface area contributed by atoms with Crippen LogP contribution in [0.25, 0.3) is 0 Å². The van der Waals surface area contributed by atoms with Gasteiger partial charge in [0.2, 0.25) is 0 Å². The van der Waals surface area contributed by atoms with Gasteiger partial charge in [0.1, 0.15) is 17.5 Å². The van der Waals surface area contributed by atoms with E-state index in [9.17, 15) is 19.4 Å². The predicted octanol–water partition coefficient (Wildman–Crippen LogP) is -0.384. The van der Waals surface area contributed by atoms with Gasteiger partial charge in [-0.05, 0) is 18.8 Å². The number of halogens is 1. The molecule has 0 spiro atoms. The van der Waals surface area contributed by atoms with Gasteiger partial charge in [-0.25, -0.2) is 9.18 Å². The number of nitrogens with zero attached hydrogens (tertiary/aromatic N) is 3. The second-order valence-electron chi connectivity index (χ2n) is 5.96. The van der Waals surface area contributed by atoms with E-state index in [0.717, 1.165) is 6.20 Å². The number of hydrogen-bond acceptors (Lipinski definition) is 7. The molecule has 124 valence electrons. The van der Waals surface area contributed by atoms with Crippen molar-refractivity contribution in [3.63, 3.8) is 0 Å². The summed E-state index contributed by atoms with van der Waals surface area (Å²) in [6.45, 7) is 3.37. The summed E-state index contributed by atoms with van der Waals surface area (Å²) in [6.07, 6.45) is -2.94. The van der Waals surface area contributed by atoms with Gasteiger partial charge in [-0.1, -0.05) is 13.8 Å². The molecule has 0 saturated carbocycles. The van der Waals surface area contributed by atoms with Crippen molar-refractivity contribution in [1.29, 1.82) is 0 Å². The van der Waals surface area contributed by atoms with Crippen molar-refractivity contribution >= 4 is 5.82 Å². The number of nitrogen functional groups attached to an aromatic ring is 1. The van der Waals surface area contributed by atoms with E-state index in [1.54, 1.807) is 0 Å². The van der Waals surface area contributed by atoms with Crippen LogP contribution in [-0.2, 0) is 4.74 Å². The van der Waals surface area contributed by atoms with Crippen molar-refractivity contribution in [3.05, 3.63) is 16.7 Å². The maximum atomic E-state index is 14.4. The first-order chi connectivity index (χ1) is 10.3. The fourth-order valence-electron chi connectivity index (χ4n) is 2.49. The van der Waals surface area contributed by atoms with Gasteiger partial charge in [0.25, 0.3) is 0 Å². The molecule has 0 unspecified atom stereocenters. The lowest BCUT2D eigenvalue weighted by Gasteiger charge is -2.30. The monoisotopic (exact) mass is 316 g/mol. The topological polar surface area (TPSA) is 123 Å². The number of anilines is 1. The van der Waals surface area contributed by atoms with E-state index >= 15 is 0 Å². The highest BCUT2D eigenvalue weighted by atomic mass is 19.1.